The van der Waals surface area contributed by atoms with Crippen molar-refractivity contribution in [3.8, 4) is 0 Å². The van der Waals surface area contributed by atoms with Crippen LogP contribution in [0.2, 0.25) is 0 Å². The zero-order valence-corrected chi connectivity index (χ0v) is 9.53. The maximum atomic E-state index is 5.34. The first-order valence-corrected chi connectivity index (χ1v) is 5.19. The fraction of sp³-hybridized carbons (Fsp3) is 1.00. The third-order valence-electron chi connectivity index (χ3n) is 2.74. The largest absolute Gasteiger partial charge is 0.382 e. The molecule has 1 aliphatic heterocycles. The Balaban J connectivity index is 2.21. The Labute approximate surface area is 86.8 Å². The van der Waals surface area contributed by atoms with Crippen molar-refractivity contribution >= 4 is 0 Å². The van der Waals surface area contributed by atoms with Crippen LogP contribution in [-0.4, -0.2) is 76.5 Å². The van der Waals surface area contributed by atoms with Crippen LogP contribution in [-0.2, 0) is 9.47 Å². The van der Waals surface area contributed by atoms with Crippen LogP contribution in [0, 0.1) is 0 Å². The standard InChI is InChI=1S/C10H22N2O2/c1-11-4-6-12(7-5-11)8-10(14-3)9-13-2/h10H,4-9H2,1-3H3. The Morgan fingerprint density at radius 3 is 2.29 bits per heavy atom. The van der Waals surface area contributed by atoms with E-state index in [9.17, 15) is 0 Å². The average molecular weight is 202 g/mol. The van der Waals surface area contributed by atoms with Gasteiger partial charge in [0.15, 0.2) is 0 Å². The molecule has 14 heavy (non-hydrogen) atoms. The van der Waals surface area contributed by atoms with Gasteiger partial charge in [-0.05, 0) is 7.05 Å². The zero-order valence-electron chi connectivity index (χ0n) is 9.53. The van der Waals surface area contributed by atoms with Crippen molar-refractivity contribution in [2.24, 2.45) is 0 Å². The van der Waals surface area contributed by atoms with Crippen LogP contribution in [0.5, 0.6) is 0 Å². The van der Waals surface area contributed by atoms with Gasteiger partial charge in [0.25, 0.3) is 0 Å². The van der Waals surface area contributed by atoms with E-state index in [0.29, 0.717) is 6.61 Å². The molecule has 4 heteroatoms. The number of rotatable bonds is 5. The Kier molecular flexibility index (Phi) is 5.40. The molecule has 0 radical (unpaired) electrons. The van der Waals surface area contributed by atoms with Crippen LogP contribution in [0.3, 0.4) is 0 Å². The molecule has 0 aromatic carbocycles. The Bertz CT molecular complexity index is 147. The van der Waals surface area contributed by atoms with Crippen LogP contribution in [0.4, 0.5) is 0 Å². The van der Waals surface area contributed by atoms with Gasteiger partial charge < -0.3 is 14.4 Å². The van der Waals surface area contributed by atoms with Gasteiger partial charge in [-0.2, -0.15) is 0 Å². The van der Waals surface area contributed by atoms with Crippen LogP contribution < -0.4 is 0 Å². The van der Waals surface area contributed by atoms with Gasteiger partial charge in [-0.25, -0.2) is 0 Å². The smallest absolute Gasteiger partial charge is 0.0931 e. The fourth-order valence-electron chi connectivity index (χ4n) is 1.70. The van der Waals surface area contributed by atoms with Crippen molar-refractivity contribution in [3.05, 3.63) is 0 Å². The summed E-state index contributed by atoms with van der Waals surface area (Å²) in [5.74, 6) is 0. The summed E-state index contributed by atoms with van der Waals surface area (Å²) in [6, 6.07) is 0. The van der Waals surface area contributed by atoms with Crippen LogP contribution >= 0.6 is 0 Å². The highest BCUT2D eigenvalue weighted by molar-refractivity contribution is 4.72. The molecule has 0 bridgehead atoms. The fourth-order valence-corrected chi connectivity index (χ4v) is 1.70. The molecular formula is C10H22N2O2. The average Bonchev–Trinajstić information content (AvgIpc) is 2.20. The first-order chi connectivity index (χ1) is 6.76. The minimum atomic E-state index is 0.211. The minimum absolute atomic E-state index is 0.211. The first-order valence-electron chi connectivity index (χ1n) is 5.19. The van der Waals surface area contributed by atoms with E-state index in [1.54, 1.807) is 14.2 Å². The lowest BCUT2D eigenvalue weighted by Gasteiger charge is -2.34. The summed E-state index contributed by atoms with van der Waals surface area (Å²) in [6.07, 6.45) is 0.211. The van der Waals surface area contributed by atoms with E-state index in [-0.39, 0.29) is 6.10 Å². The lowest BCUT2D eigenvalue weighted by atomic mass is 10.3. The molecular weight excluding hydrogens is 180 g/mol. The second-order valence-electron chi connectivity index (χ2n) is 3.92. The maximum absolute atomic E-state index is 5.34. The van der Waals surface area contributed by atoms with Crippen molar-refractivity contribution in [1.82, 2.24) is 9.80 Å². The summed E-state index contributed by atoms with van der Waals surface area (Å²) in [5, 5.41) is 0. The number of nitrogens with zero attached hydrogens (tertiary/aromatic N) is 2. The molecule has 0 aromatic rings. The zero-order chi connectivity index (χ0) is 10.4. The second-order valence-corrected chi connectivity index (χ2v) is 3.92. The van der Waals surface area contributed by atoms with Gasteiger partial charge in [0.05, 0.1) is 12.7 Å². The summed E-state index contributed by atoms with van der Waals surface area (Å²) in [7, 11) is 5.63. The second kappa shape index (κ2) is 6.35. The predicted molar refractivity (Wildman–Crippen MR) is 56.6 cm³/mol. The quantitative estimate of drug-likeness (QED) is 0.621. The SMILES string of the molecule is COCC(CN1CCN(C)CC1)OC. The van der Waals surface area contributed by atoms with Gasteiger partial charge in [-0.3, -0.25) is 4.90 Å². The van der Waals surface area contributed by atoms with E-state index >= 15 is 0 Å². The highest BCUT2D eigenvalue weighted by Crippen LogP contribution is 2.02. The third-order valence-corrected chi connectivity index (χ3v) is 2.74. The van der Waals surface area contributed by atoms with E-state index in [2.05, 4.69) is 16.8 Å². The van der Waals surface area contributed by atoms with Gasteiger partial charge in [-0.1, -0.05) is 0 Å². The molecule has 1 saturated heterocycles. The van der Waals surface area contributed by atoms with Crippen molar-refractivity contribution < 1.29 is 9.47 Å². The molecule has 0 aromatic heterocycles. The Morgan fingerprint density at radius 2 is 1.79 bits per heavy atom. The molecule has 1 aliphatic rings. The number of piperazine rings is 1. The van der Waals surface area contributed by atoms with E-state index < -0.39 is 0 Å². The summed E-state index contributed by atoms with van der Waals surface area (Å²) < 4.78 is 10.4. The molecule has 4 nitrogen and oxygen atoms in total. The van der Waals surface area contributed by atoms with Gasteiger partial charge in [-0.15, -0.1) is 0 Å². The van der Waals surface area contributed by atoms with Crippen molar-refractivity contribution in [1.29, 1.82) is 0 Å². The molecule has 0 saturated carbocycles. The number of methoxy groups -OCH3 is 2. The number of likely N-dealkylation sites (N-methyl/N-ethyl adjacent to an activating group) is 1. The van der Waals surface area contributed by atoms with Crippen LogP contribution in [0.1, 0.15) is 0 Å². The summed E-state index contributed by atoms with van der Waals surface area (Å²) in [4.78, 5) is 4.79. The predicted octanol–water partition coefficient (Wildman–Crippen LogP) is -0.105. The van der Waals surface area contributed by atoms with E-state index in [4.69, 9.17) is 9.47 Å². The van der Waals surface area contributed by atoms with E-state index in [1.165, 1.54) is 0 Å². The van der Waals surface area contributed by atoms with Crippen LogP contribution in [0.25, 0.3) is 0 Å². The summed E-state index contributed by atoms with van der Waals surface area (Å²) in [6.45, 7) is 6.26. The minimum Gasteiger partial charge on any atom is -0.382 e. The van der Waals surface area contributed by atoms with Crippen molar-refractivity contribution in [2.45, 2.75) is 6.10 Å². The van der Waals surface area contributed by atoms with Gasteiger partial charge in [0.2, 0.25) is 0 Å². The lowest BCUT2D eigenvalue weighted by Crippen LogP contribution is -2.47. The molecule has 1 fully saturated rings. The van der Waals surface area contributed by atoms with Crippen molar-refractivity contribution in [2.75, 3.05) is 60.6 Å². The molecule has 1 rings (SSSR count). The monoisotopic (exact) mass is 202 g/mol. The van der Waals surface area contributed by atoms with E-state index in [0.717, 1.165) is 32.7 Å². The molecule has 0 amide bonds. The normalized spacial score (nSPS) is 22.5. The maximum Gasteiger partial charge on any atom is 0.0931 e. The highest BCUT2D eigenvalue weighted by atomic mass is 16.5. The van der Waals surface area contributed by atoms with Gasteiger partial charge >= 0.3 is 0 Å². The van der Waals surface area contributed by atoms with E-state index in [1.807, 2.05) is 0 Å². The topological polar surface area (TPSA) is 24.9 Å². The highest BCUT2D eigenvalue weighted by Gasteiger charge is 2.17. The molecule has 0 N–H and O–H groups in total. The molecule has 1 heterocycles. The number of ether oxygens (including phenoxy) is 2. The molecule has 0 aliphatic carbocycles. The molecule has 0 spiro atoms. The Morgan fingerprint density at radius 1 is 1.14 bits per heavy atom. The van der Waals surface area contributed by atoms with Crippen molar-refractivity contribution in [3.63, 3.8) is 0 Å². The Hall–Kier alpha value is -0.160. The third kappa shape index (κ3) is 3.92. The number of hydrogen-bond acceptors (Lipinski definition) is 4. The summed E-state index contributed by atoms with van der Waals surface area (Å²) >= 11 is 0. The van der Waals surface area contributed by atoms with Crippen LogP contribution in [0.15, 0.2) is 0 Å². The molecule has 1 unspecified atom stereocenters. The van der Waals surface area contributed by atoms with Gasteiger partial charge in [0.1, 0.15) is 0 Å². The lowest BCUT2D eigenvalue weighted by molar-refractivity contribution is -0.00164. The number of hydrogen-bond donors (Lipinski definition) is 0. The molecule has 84 valence electrons. The first kappa shape index (κ1) is 11.9. The summed E-state index contributed by atoms with van der Waals surface area (Å²) in [5.41, 5.74) is 0. The molecule has 1 atom stereocenters. The van der Waals surface area contributed by atoms with Gasteiger partial charge in [0, 0.05) is 46.9 Å².